The van der Waals surface area contributed by atoms with Crippen LogP contribution in [0.25, 0.3) is 0 Å². The fraction of sp³-hybridized carbons (Fsp3) is 0.900. The lowest BCUT2D eigenvalue weighted by molar-refractivity contribution is 0.0742. The Balaban J connectivity index is 2.22. The van der Waals surface area contributed by atoms with Crippen LogP contribution in [0, 0.1) is 5.92 Å². The number of hydrogen-bond acceptors (Lipinski definition) is 4. The maximum Gasteiger partial charge on any atom is 0.140 e. The Morgan fingerprint density at radius 1 is 1.43 bits per heavy atom. The summed E-state index contributed by atoms with van der Waals surface area (Å²) in [7, 11) is 1.65. The average molecular weight is 200 g/mol. The van der Waals surface area contributed by atoms with Crippen molar-refractivity contribution in [3.05, 3.63) is 0 Å². The molecule has 0 bridgehead atoms. The summed E-state index contributed by atoms with van der Waals surface area (Å²) in [6.45, 7) is 3.11. The lowest BCUT2D eigenvalue weighted by Gasteiger charge is -2.08. The van der Waals surface area contributed by atoms with E-state index in [0.717, 1.165) is 25.0 Å². The van der Waals surface area contributed by atoms with Gasteiger partial charge in [-0.15, -0.1) is 0 Å². The maximum atomic E-state index is 5.82. The van der Waals surface area contributed by atoms with Gasteiger partial charge in [-0.3, -0.25) is 0 Å². The quantitative estimate of drug-likeness (QED) is 0.411. The van der Waals surface area contributed by atoms with E-state index in [1.54, 1.807) is 7.11 Å². The van der Waals surface area contributed by atoms with E-state index in [4.69, 9.17) is 15.3 Å². The van der Waals surface area contributed by atoms with Gasteiger partial charge in [0.1, 0.15) is 6.61 Å². The van der Waals surface area contributed by atoms with Crippen molar-refractivity contribution in [3.8, 4) is 0 Å². The van der Waals surface area contributed by atoms with Gasteiger partial charge in [0, 0.05) is 19.1 Å². The van der Waals surface area contributed by atoms with Crippen LogP contribution >= 0.6 is 0 Å². The molecule has 0 aromatic rings. The Bertz CT molecular complexity index is 195. The molecule has 1 aliphatic rings. The van der Waals surface area contributed by atoms with Gasteiger partial charge >= 0.3 is 0 Å². The highest BCUT2D eigenvalue weighted by Gasteiger charge is 2.24. The Morgan fingerprint density at radius 3 is 2.79 bits per heavy atom. The number of nitrogens with zero attached hydrogens (tertiary/aromatic N) is 1. The second-order valence-electron chi connectivity index (χ2n) is 3.83. The first-order chi connectivity index (χ1) is 6.74. The Morgan fingerprint density at radius 2 is 2.21 bits per heavy atom. The predicted molar refractivity (Wildman–Crippen MR) is 56.3 cm³/mol. The van der Waals surface area contributed by atoms with E-state index < -0.39 is 0 Å². The zero-order chi connectivity index (χ0) is 10.4. The summed E-state index contributed by atoms with van der Waals surface area (Å²) in [5, 5.41) is 4.06. The summed E-state index contributed by atoms with van der Waals surface area (Å²) in [6, 6.07) is 0.351. The molecule has 0 spiro atoms. The lowest BCUT2D eigenvalue weighted by atomic mass is 10.0. The maximum absolute atomic E-state index is 5.82. The Hall–Kier alpha value is -0.610. The molecule has 14 heavy (non-hydrogen) atoms. The van der Waals surface area contributed by atoms with Crippen molar-refractivity contribution in [2.45, 2.75) is 32.2 Å². The number of nitrogens with two attached hydrogens (primary N) is 1. The van der Waals surface area contributed by atoms with Crippen LogP contribution in [0.4, 0.5) is 0 Å². The van der Waals surface area contributed by atoms with Gasteiger partial charge in [-0.1, -0.05) is 5.16 Å². The van der Waals surface area contributed by atoms with E-state index in [2.05, 4.69) is 5.16 Å². The predicted octanol–water partition coefficient (Wildman–Crippen LogP) is 1.15. The molecule has 0 saturated heterocycles. The van der Waals surface area contributed by atoms with Crippen LogP contribution in [-0.2, 0) is 9.57 Å². The molecule has 0 aliphatic heterocycles. The van der Waals surface area contributed by atoms with Crippen LogP contribution in [0.2, 0.25) is 0 Å². The minimum Gasteiger partial charge on any atom is -0.393 e. The lowest BCUT2D eigenvalue weighted by Crippen LogP contribution is -2.17. The summed E-state index contributed by atoms with van der Waals surface area (Å²) in [5.41, 5.74) is 6.89. The van der Waals surface area contributed by atoms with Crippen LogP contribution in [0.3, 0.4) is 0 Å². The largest absolute Gasteiger partial charge is 0.393 e. The van der Waals surface area contributed by atoms with Gasteiger partial charge in [-0.2, -0.15) is 0 Å². The SMILES string of the molecule is COCCO/N=C(\C)[C@H]1CC[C@@H](N)C1. The number of ether oxygens (including phenoxy) is 1. The Labute approximate surface area is 85.4 Å². The van der Waals surface area contributed by atoms with Crippen molar-refractivity contribution < 1.29 is 9.57 Å². The first kappa shape index (κ1) is 11.5. The standard InChI is InChI=1S/C10H20N2O2/c1-8(12-14-6-5-13-2)9-3-4-10(11)7-9/h9-10H,3-7,11H2,1-2H3/b12-8+/t9-,10+/m0/s1. The van der Waals surface area contributed by atoms with Crippen molar-refractivity contribution >= 4 is 5.71 Å². The fourth-order valence-corrected chi connectivity index (χ4v) is 1.74. The van der Waals surface area contributed by atoms with E-state index in [0.29, 0.717) is 25.2 Å². The van der Waals surface area contributed by atoms with E-state index in [9.17, 15) is 0 Å². The highest BCUT2D eigenvalue weighted by molar-refractivity contribution is 5.84. The topological polar surface area (TPSA) is 56.8 Å². The monoisotopic (exact) mass is 200 g/mol. The molecule has 0 unspecified atom stereocenters. The molecule has 0 amide bonds. The minimum absolute atomic E-state index is 0.351. The number of oxime groups is 1. The highest BCUT2D eigenvalue weighted by Crippen LogP contribution is 2.25. The molecule has 0 heterocycles. The number of rotatable bonds is 5. The number of hydrogen-bond donors (Lipinski definition) is 1. The minimum atomic E-state index is 0.351. The molecule has 4 nitrogen and oxygen atoms in total. The second kappa shape index (κ2) is 5.98. The first-order valence-corrected chi connectivity index (χ1v) is 5.15. The van der Waals surface area contributed by atoms with Crippen LogP contribution in [0.15, 0.2) is 5.16 Å². The zero-order valence-corrected chi connectivity index (χ0v) is 9.03. The first-order valence-electron chi connectivity index (χ1n) is 5.15. The molecule has 2 atom stereocenters. The summed E-state index contributed by atoms with van der Waals surface area (Å²) in [6.07, 6.45) is 3.29. The van der Waals surface area contributed by atoms with E-state index in [-0.39, 0.29) is 0 Å². The summed E-state index contributed by atoms with van der Waals surface area (Å²) < 4.78 is 4.85. The molecule has 0 aromatic heterocycles. The van der Waals surface area contributed by atoms with Gasteiger partial charge in [-0.25, -0.2) is 0 Å². The molecule has 0 aromatic carbocycles. The van der Waals surface area contributed by atoms with E-state index >= 15 is 0 Å². The smallest absolute Gasteiger partial charge is 0.140 e. The van der Waals surface area contributed by atoms with Crippen molar-refractivity contribution in [1.29, 1.82) is 0 Å². The third-order valence-electron chi connectivity index (χ3n) is 2.65. The van der Waals surface area contributed by atoms with Crippen LogP contribution in [-0.4, -0.2) is 32.1 Å². The summed E-state index contributed by atoms with van der Waals surface area (Å²) >= 11 is 0. The molecular weight excluding hydrogens is 180 g/mol. The molecule has 82 valence electrons. The molecule has 2 N–H and O–H groups in total. The number of methoxy groups -OCH3 is 1. The van der Waals surface area contributed by atoms with Gasteiger partial charge < -0.3 is 15.3 Å². The fourth-order valence-electron chi connectivity index (χ4n) is 1.74. The molecule has 1 rings (SSSR count). The zero-order valence-electron chi connectivity index (χ0n) is 9.03. The van der Waals surface area contributed by atoms with Crippen molar-refractivity contribution in [1.82, 2.24) is 0 Å². The van der Waals surface area contributed by atoms with Gasteiger partial charge in [0.05, 0.1) is 12.3 Å². The highest BCUT2D eigenvalue weighted by atomic mass is 16.6. The third-order valence-corrected chi connectivity index (χ3v) is 2.65. The molecule has 0 radical (unpaired) electrons. The van der Waals surface area contributed by atoms with Gasteiger partial charge in [0.25, 0.3) is 0 Å². The van der Waals surface area contributed by atoms with Crippen LogP contribution in [0.1, 0.15) is 26.2 Å². The van der Waals surface area contributed by atoms with Gasteiger partial charge in [0.15, 0.2) is 0 Å². The Kier molecular flexibility index (Phi) is 4.90. The summed E-state index contributed by atoms with van der Waals surface area (Å²) in [4.78, 5) is 5.11. The van der Waals surface area contributed by atoms with Crippen molar-refractivity contribution in [2.24, 2.45) is 16.8 Å². The molecule has 4 heteroatoms. The molecule has 1 fully saturated rings. The normalized spacial score (nSPS) is 28.1. The van der Waals surface area contributed by atoms with Crippen molar-refractivity contribution in [3.63, 3.8) is 0 Å². The van der Waals surface area contributed by atoms with Crippen LogP contribution in [0.5, 0.6) is 0 Å². The van der Waals surface area contributed by atoms with Crippen molar-refractivity contribution in [2.75, 3.05) is 20.3 Å². The van der Waals surface area contributed by atoms with E-state index in [1.807, 2.05) is 6.92 Å². The molecular formula is C10H20N2O2. The van der Waals surface area contributed by atoms with Gasteiger partial charge in [-0.05, 0) is 26.2 Å². The second-order valence-corrected chi connectivity index (χ2v) is 3.83. The summed E-state index contributed by atoms with van der Waals surface area (Å²) in [5.74, 6) is 0.521. The third kappa shape index (κ3) is 3.64. The molecule has 1 saturated carbocycles. The van der Waals surface area contributed by atoms with E-state index in [1.165, 1.54) is 0 Å². The molecule has 1 aliphatic carbocycles. The average Bonchev–Trinajstić information content (AvgIpc) is 2.59. The van der Waals surface area contributed by atoms with Crippen LogP contribution < -0.4 is 5.73 Å². The van der Waals surface area contributed by atoms with Gasteiger partial charge in [0.2, 0.25) is 0 Å².